The molecule has 9 heteroatoms. The van der Waals surface area contributed by atoms with Crippen LogP contribution in [0.15, 0.2) is 41.8 Å². The Labute approximate surface area is 209 Å². The Bertz CT molecular complexity index is 1230. The van der Waals surface area contributed by atoms with Crippen molar-refractivity contribution in [3.63, 3.8) is 0 Å². The largest absolute Gasteiger partial charge is 0.459 e. The molecule has 0 aliphatic heterocycles. The number of nitrogens with zero attached hydrogens (tertiary/aromatic N) is 2. The first-order valence-corrected chi connectivity index (χ1v) is 12.0. The molecule has 0 spiro atoms. The predicted octanol–water partition coefficient (Wildman–Crippen LogP) is 4.90. The van der Waals surface area contributed by atoms with Gasteiger partial charge in [-0.25, -0.2) is 9.78 Å². The van der Waals surface area contributed by atoms with Gasteiger partial charge in [-0.1, -0.05) is 42.0 Å². The first-order chi connectivity index (χ1) is 16.6. The number of nitrogens with two attached hydrogens (primary N) is 1. The molecule has 0 aliphatic carbocycles. The molecule has 184 valence electrons. The van der Waals surface area contributed by atoms with Gasteiger partial charge in [-0.15, -0.1) is 11.3 Å². The molecule has 3 rings (SSSR count). The summed E-state index contributed by atoms with van der Waals surface area (Å²) >= 11 is 1.30. The minimum absolute atomic E-state index is 0.0516. The van der Waals surface area contributed by atoms with E-state index in [9.17, 15) is 14.4 Å². The van der Waals surface area contributed by atoms with Crippen molar-refractivity contribution in [2.45, 2.75) is 53.7 Å². The highest BCUT2D eigenvalue weighted by molar-refractivity contribution is 7.14. The zero-order chi connectivity index (χ0) is 25.7. The van der Waals surface area contributed by atoms with Crippen LogP contribution in [0.1, 0.15) is 52.9 Å². The molecule has 35 heavy (non-hydrogen) atoms. The first-order valence-electron chi connectivity index (χ1n) is 11.2. The fourth-order valence-corrected chi connectivity index (χ4v) is 5.00. The molecule has 8 nitrogen and oxygen atoms in total. The number of benzene rings is 2. The number of carbonyl (C=O) groups is 3. The van der Waals surface area contributed by atoms with Gasteiger partial charge in [0.15, 0.2) is 5.13 Å². The van der Waals surface area contributed by atoms with Crippen LogP contribution in [0.5, 0.6) is 0 Å². The molecular formula is C26H30N4O4S. The Kier molecular flexibility index (Phi) is 8.24. The summed E-state index contributed by atoms with van der Waals surface area (Å²) in [5.74, 6) is -0.660. The molecule has 2 aromatic carbocycles. The zero-order valence-electron chi connectivity index (χ0n) is 20.5. The highest BCUT2D eigenvalue weighted by Gasteiger charge is 2.23. The van der Waals surface area contributed by atoms with E-state index < -0.39 is 18.0 Å². The van der Waals surface area contributed by atoms with Gasteiger partial charge in [-0.05, 0) is 49.9 Å². The molecule has 1 aromatic heterocycles. The summed E-state index contributed by atoms with van der Waals surface area (Å²) in [6, 6.07) is 10.2. The van der Waals surface area contributed by atoms with Crippen LogP contribution in [0, 0.1) is 27.7 Å². The molecular weight excluding hydrogens is 464 g/mol. The third-order valence-electron chi connectivity index (χ3n) is 5.54. The number of aromatic nitrogens is 1. The second-order valence-corrected chi connectivity index (χ2v) is 9.34. The molecule has 1 atom stereocenters. The molecule has 1 heterocycles. The number of urea groups is 1. The highest BCUT2D eigenvalue weighted by Crippen LogP contribution is 2.34. The van der Waals surface area contributed by atoms with Gasteiger partial charge >= 0.3 is 12.0 Å². The zero-order valence-corrected chi connectivity index (χ0v) is 21.4. The van der Waals surface area contributed by atoms with Crippen LogP contribution in [-0.2, 0) is 20.9 Å². The highest BCUT2D eigenvalue weighted by atomic mass is 32.1. The van der Waals surface area contributed by atoms with Crippen LogP contribution in [-0.4, -0.2) is 22.9 Å². The van der Waals surface area contributed by atoms with Gasteiger partial charge in [-0.2, -0.15) is 0 Å². The Morgan fingerprint density at radius 2 is 1.74 bits per heavy atom. The van der Waals surface area contributed by atoms with Crippen LogP contribution in [0.2, 0.25) is 0 Å². The van der Waals surface area contributed by atoms with Crippen molar-refractivity contribution in [1.82, 2.24) is 10.3 Å². The maximum absolute atomic E-state index is 12.6. The van der Waals surface area contributed by atoms with Gasteiger partial charge in [0.1, 0.15) is 6.61 Å². The molecule has 0 aliphatic rings. The lowest BCUT2D eigenvalue weighted by Crippen LogP contribution is -2.35. The van der Waals surface area contributed by atoms with Crippen LogP contribution in [0.25, 0.3) is 0 Å². The summed E-state index contributed by atoms with van der Waals surface area (Å²) in [7, 11) is 0. The monoisotopic (exact) mass is 494 g/mol. The lowest BCUT2D eigenvalue weighted by atomic mass is 9.99. The number of ether oxygens (including phenoxy) is 1. The van der Waals surface area contributed by atoms with Crippen molar-refractivity contribution in [1.29, 1.82) is 0 Å². The maximum atomic E-state index is 12.6. The average Bonchev–Trinajstić information content (AvgIpc) is 3.22. The van der Waals surface area contributed by atoms with E-state index in [1.54, 1.807) is 10.3 Å². The van der Waals surface area contributed by atoms with Crippen molar-refractivity contribution < 1.29 is 19.1 Å². The third kappa shape index (κ3) is 6.45. The van der Waals surface area contributed by atoms with Crippen molar-refractivity contribution in [3.05, 3.63) is 75.3 Å². The molecule has 0 fully saturated rings. The Morgan fingerprint density at radius 1 is 1.09 bits per heavy atom. The number of rotatable bonds is 8. The number of nitrogens with one attached hydrogen (secondary N) is 1. The van der Waals surface area contributed by atoms with E-state index in [1.807, 2.05) is 64.1 Å². The lowest BCUT2D eigenvalue weighted by molar-refractivity contribution is -0.145. The number of thiazole rings is 1. The van der Waals surface area contributed by atoms with Gasteiger partial charge in [0.2, 0.25) is 5.91 Å². The number of primary amides is 1. The van der Waals surface area contributed by atoms with E-state index >= 15 is 0 Å². The van der Waals surface area contributed by atoms with Gasteiger partial charge < -0.3 is 15.8 Å². The molecule has 1 unspecified atom stereocenters. The molecule has 0 saturated carbocycles. The Hall–Kier alpha value is -3.72. The molecule has 0 bridgehead atoms. The topological polar surface area (TPSA) is 115 Å². The summed E-state index contributed by atoms with van der Waals surface area (Å²) in [4.78, 5) is 42.7. The fourth-order valence-electron chi connectivity index (χ4n) is 4.15. The smallest absolute Gasteiger partial charge is 0.312 e. The first kappa shape index (κ1) is 25.9. The molecule has 3 amide bonds. The van der Waals surface area contributed by atoms with Gasteiger partial charge in [0, 0.05) is 12.3 Å². The summed E-state index contributed by atoms with van der Waals surface area (Å²) in [5.41, 5.74) is 11.4. The summed E-state index contributed by atoms with van der Waals surface area (Å²) in [5, 5.41) is 4.88. The lowest BCUT2D eigenvalue weighted by Gasteiger charge is -2.23. The number of carbonyl (C=O) groups excluding carboxylic acids is 3. The minimum Gasteiger partial charge on any atom is -0.459 e. The quantitative estimate of drug-likeness (QED) is 0.432. The van der Waals surface area contributed by atoms with Crippen LogP contribution in [0.3, 0.4) is 0 Å². The second-order valence-electron chi connectivity index (χ2n) is 8.51. The van der Waals surface area contributed by atoms with E-state index in [2.05, 4.69) is 10.3 Å². The SMILES string of the molecule is CC(=O)N(c1nc(COC(=O)CC(NC(N)=O)c2ccccc2C)cs1)c1c(C)cc(C)cc1C. The molecule has 3 aromatic rings. The van der Waals surface area contributed by atoms with Gasteiger partial charge in [0.25, 0.3) is 0 Å². The number of hydrogen-bond acceptors (Lipinski definition) is 6. The van der Waals surface area contributed by atoms with E-state index in [0.29, 0.717) is 10.8 Å². The van der Waals surface area contributed by atoms with Crippen molar-refractivity contribution in [2.24, 2.45) is 5.73 Å². The van der Waals surface area contributed by atoms with Gasteiger partial charge in [-0.3, -0.25) is 14.5 Å². The van der Waals surface area contributed by atoms with E-state index in [-0.39, 0.29) is 18.9 Å². The number of aryl methyl sites for hydroxylation is 4. The number of amides is 3. The van der Waals surface area contributed by atoms with Crippen LogP contribution in [0.4, 0.5) is 15.6 Å². The van der Waals surface area contributed by atoms with Crippen LogP contribution >= 0.6 is 11.3 Å². The summed E-state index contributed by atoms with van der Waals surface area (Å²) < 4.78 is 5.43. The molecule has 0 radical (unpaired) electrons. The molecule has 0 saturated heterocycles. The number of hydrogen-bond donors (Lipinski definition) is 2. The number of esters is 1. The normalized spacial score (nSPS) is 11.6. The summed E-state index contributed by atoms with van der Waals surface area (Å²) in [6.07, 6.45) is -0.0773. The predicted molar refractivity (Wildman–Crippen MR) is 137 cm³/mol. The second kappa shape index (κ2) is 11.1. The third-order valence-corrected chi connectivity index (χ3v) is 6.41. The van der Waals surface area contributed by atoms with E-state index in [4.69, 9.17) is 10.5 Å². The molecule has 3 N–H and O–H groups in total. The van der Waals surface area contributed by atoms with Crippen molar-refractivity contribution in [2.75, 3.05) is 4.90 Å². The van der Waals surface area contributed by atoms with Crippen LogP contribution < -0.4 is 16.0 Å². The Morgan fingerprint density at radius 3 is 2.34 bits per heavy atom. The average molecular weight is 495 g/mol. The van der Waals surface area contributed by atoms with E-state index in [1.165, 1.54) is 18.3 Å². The standard InChI is InChI=1S/C26H30N4O4S/c1-15-10-17(3)24(18(4)11-15)30(19(5)31)26-28-20(14-35-26)13-34-23(32)12-22(29-25(27)33)21-9-7-6-8-16(21)2/h6-11,14,22H,12-13H2,1-5H3,(H3,27,29,33). The van der Waals surface area contributed by atoms with Crippen molar-refractivity contribution in [3.8, 4) is 0 Å². The van der Waals surface area contributed by atoms with Crippen molar-refractivity contribution >= 4 is 40.1 Å². The number of anilines is 2. The minimum atomic E-state index is -0.721. The fraction of sp³-hybridized carbons (Fsp3) is 0.308. The summed E-state index contributed by atoms with van der Waals surface area (Å²) in [6.45, 7) is 9.28. The van der Waals surface area contributed by atoms with E-state index in [0.717, 1.165) is 33.5 Å². The van der Waals surface area contributed by atoms with Gasteiger partial charge in [0.05, 0.1) is 23.8 Å². The Balaban J connectivity index is 1.72. The maximum Gasteiger partial charge on any atom is 0.312 e.